The standard InChI is InChI=1S/C12H12N4O2/c13-9-3-1-2-7-4-5-8(15-11(7)9)6-10(17)16-12(14)18/h1-5H,6,13H2,(H3,14,16,17,18). The molecule has 18 heavy (non-hydrogen) atoms. The molecule has 0 saturated heterocycles. The highest BCUT2D eigenvalue weighted by Crippen LogP contribution is 2.18. The maximum absolute atomic E-state index is 11.4. The Labute approximate surface area is 103 Å². The molecule has 0 aliphatic rings. The maximum Gasteiger partial charge on any atom is 0.318 e. The van der Waals surface area contributed by atoms with E-state index in [0.717, 1.165) is 5.39 Å². The summed E-state index contributed by atoms with van der Waals surface area (Å²) in [6.45, 7) is 0. The van der Waals surface area contributed by atoms with Gasteiger partial charge >= 0.3 is 6.03 Å². The number of anilines is 1. The highest BCUT2D eigenvalue weighted by molar-refractivity contribution is 5.95. The topological polar surface area (TPSA) is 111 Å². The number of benzene rings is 1. The van der Waals surface area contributed by atoms with E-state index >= 15 is 0 Å². The molecule has 0 aliphatic carbocycles. The average Bonchev–Trinajstić information content (AvgIpc) is 2.29. The SMILES string of the molecule is NC(=O)NC(=O)Cc1ccc2cccc(N)c2n1. The van der Waals surface area contributed by atoms with Crippen molar-refractivity contribution in [2.24, 2.45) is 5.73 Å². The van der Waals surface area contributed by atoms with Crippen LogP contribution in [0.25, 0.3) is 10.9 Å². The van der Waals surface area contributed by atoms with Crippen LogP contribution in [0.5, 0.6) is 0 Å². The van der Waals surface area contributed by atoms with Crippen LogP contribution < -0.4 is 16.8 Å². The first-order valence-electron chi connectivity index (χ1n) is 5.29. The first-order valence-corrected chi connectivity index (χ1v) is 5.29. The van der Waals surface area contributed by atoms with Gasteiger partial charge in [-0.15, -0.1) is 0 Å². The summed E-state index contributed by atoms with van der Waals surface area (Å²) in [5.74, 6) is -0.496. The predicted octanol–water partition coefficient (Wildman–Crippen LogP) is 0.554. The monoisotopic (exact) mass is 244 g/mol. The number of primary amides is 1. The molecule has 2 rings (SSSR count). The Kier molecular flexibility index (Phi) is 3.09. The van der Waals surface area contributed by atoms with Crippen molar-refractivity contribution in [3.05, 3.63) is 36.0 Å². The number of nitrogen functional groups attached to an aromatic ring is 1. The van der Waals surface area contributed by atoms with Gasteiger partial charge < -0.3 is 11.5 Å². The summed E-state index contributed by atoms with van der Waals surface area (Å²) in [4.78, 5) is 26.2. The summed E-state index contributed by atoms with van der Waals surface area (Å²) in [5.41, 5.74) is 12.4. The Morgan fingerprint density at radius 2 is 2.00 bits per heavy atom. The zero-order valence-electron chi connectivity index (χ0n) is 9.51. The zero-order chi connectivity index (χ0) is 13.1. The first kappa shape index (κ1) is 11.8. The molecule has 6 nitrogen and oxygen atoms in total. The third-order valence-electron chi connectivity index (χ3n) is 2.41. The molecule has 0 saturated carbocycles. The van der Waals surface area contributed by atoms with Crippen LogP contribution in [0.15, 0.2) is 30.3 Å². The van der Waals surface area contributed by atoms with Gasteiger partial charge in [-0.3, -0.25) is 15.1 Å². The minimum Gasteiger partial charge on any atom is -0.397 e. The minimum absolute atomic E-state index is 0.0206. The highest BCUT2D eigenvalue weighted by atomic mass is 16.2. The molecule has 2 aromatic rings. The molecular weight excluding hydrogens is 232 g/mol. The number of nitrogens with zero attached hydrogens (tertiary/aromatic N) is 1. The number of imide groups is 1. The predicted molar refractivity (Wildman–Crippen MR) is 67.6 cm³/mol. The molecule has 0 bridgehead atoms. The third-order valence-corrected chi connectivity index (χ3v) is 2.41. The summed E-state index contributed by atoms with van der Waals surface area (Å²) in [5, 5.41) is 2.88. The normalized spacial score (nSPS) is 10.2. The smallest absolute Gasteiger partial charge is 0.318 e. The number of nitrogens with two attached hydrogens (primary N) is 2. The fourth-order valence-electron chi connectivity index (χ4n) is 1.65. The van der Waals surface area contributed by atoms with Gasteiger partial charge in [0.1, 0.15) is 0 Å². The molecule has 92 valence electrons. The second kappa shape index (κ2) is 4.70. The van der Waals surface area contributed by atoms with Crippen molar-refractivity contribution in [1.82, 2.24) is 10.3 Å². The molecule has 6 heteroatoms. The van der Waals surface area contributed by atoms with E-state index in [-0.39, 0.29) is 6.42 Å². The number of carbonyl (C=O) groups is 2. The highest BCUT2D eigenvalue weighted by Gasteiger charge is 2.08. The molecule has 0 aliphatic heterocycles. The number of nitrogens with one attached hydrogen (secondary N) is 1. The molecule has 0 unspecified atom stereocenters. The van der Waals surface area contributed by atoms with Gasteiger partial charge in [-0.05, 0) is 12.1 Å². The molecule has 0 spiro atoms. The lowest BCUT2D eigenvalue weighted by molar-refractivity contribution is -0.119. The number of aromatic nitrogens is 1. The van der Waals surface area contributed by atoms with Crippen LogP contribution in [0.2, 0.25) is 0 Å². The van der Waals surface area contributed by atoms with Crippen LogP contribution in [0.1, 0.15) is 5.69 Å². The summed E-state index contributed by atoms with van der Waals surface area (Å²) in [6, 6.07) is 8.11. The van der Waals surface area contributed by atoms with Crippen molar-refractivity contribution in [2.75, 3.05) is 5.73 Å². The van der Waals surface area contributed by atoms with Gasteiger partial charge in [0.2, 0.25) is 5.91 Å². The lowest BCUT2D eigenvalue weighted by Gasteiger charge is -2.04. The number of fused-ring (bicyclic) bond motifs is 1. The van der Waals surface area contributed by atoms with Crippen LogP contribution in [-0.4, -0.2) is 16.9 Å². The summed E-state index contributed by atoms with van der Waals surface area (Å²) in [6.07, 6.45) is -0.0206. The van der Waals surface area contributed by atoms with E-state index in [9.17, 15) is 9.59 Å². The lowest BCUT2D eigenvalue weighted by Crippen LogP contribution is -2.36. The van der Waals surface area contributed by atoms with Gasteiger partial charge in [0, 0.05) is 5.39 Å². The Morgan fingerprint density at radius 1 is 1.22 bits per heavy atom. The summed E-state index contributed by atoms with van der Waals surface area (Å²) in [7, 11) is 0. The van der Waals surface area contributed by atoms with Gasteiger partial charge in [-0.2, -0.15) is 0 Å². The second-order valence-corrected chi connectivity index (χ2v) is 3.81. The van der Waals surface area contributed by atoms with Crippen LogP contribution in [-0.2, 0) is 11.2 Å². The van der Waals surface area contributed by atoms with E-state index < -0.39 is 11.9 Å². The summed E-state index contributed by atoms with van der Waals surface area (Å²) >= 11 is 0. The second-order valence-electron chi connectivity index (χ2n) is 3.81. The Balaban J connectivity index is 2.27. The van der Waals surface area contributed by atoms with Gasteiger partial charge in [0.05, 0.1) is 23.3 Å². The number of hydrogen-bond donors (Lipinski definition) is 3. The maximum atomic E-state index is 11.4. The summed E-state index contributed by atoms with van der Waals surface area (Å²) < 4.78 is 0. The van der Waals surface area contributed by atoms with E-state index in [4.69, 9.17) is 11.5 Å². The van der Waals surface area contributed by atoms with Gasteiger partial charge in [-0.1, -0.05) is 18.2 Å². The fourth-order valence-corrected chi connectivity index (χ4v) is 1.65. The van der Waals surface area contributed by atoms with Crippen LogP contribution in [0.4, 0.5) is 10.5 Å². The number of urea groups is 1. The number of pyridine rings is 1. The van der Waals surface area contributed by atoms with Crippen molar-refractivity contribution in [2.45, 2.75) is 6.42 Å². The quantitative estimate of drug-likeness (QED) is 0.670. The van der Waals surface area contributed by atoms with Crippen molar-refractivity contribution >= 4 is 28.5 Å². The molecule has 0 radical (unpaired) electrons. The lowest BCUT2D eigenvalue weighted by atomic mass is 10.1. The molecule has 0 atom stereocenters. The van der Waals surface area contributed by atoms with Crippen molar-refractivity contribution in [3.63, 3.8) is 0 Å². The van der Waals surface area contributed by atoms with Crippen LogP contribution in [0.3, 0.4) is 0 Å². The average molecular weight is 244 g/mol. The van der Waals surface area contributed by atoms with Crippen molar-refractivity contribution in [1.29, 1.82) is 0 Å². The third kappa shape index (κ3) is 2.54. The van der Waals surface area contributed by atoms with Crippen molar-refractivity contribution in [3.8, 4) is 0 Å². The number of amides is 3. The zero-order valence-corrected chi connectivity index (χ0v) is 9.51. The number of para-hydroxylation sites is 1. The van der Waals surface area contributed by atoms with E-state index in [2.05, 4.69) is 4.98 Å². The molecule has 1 aromatic heterocycles. The molecular formula is C12H12N4O2. The Morgan fingerprint density at radius 3 is 2.72 bits per heavy atom. The van der Waals surface area contributed by atoms with Crippen molar-refractivity contribution < 1.29 is 9.59 Å². The van der Waals surface area contributed by atoms with E-state index in [0.29, 0.717) is 16.9 Å². The first-order chi connectivity index (χ1) is 8.56. The van der Waals surface area contributed by atoms with Gasteiger partial charge in [0.15, 0.2) is 0 Å². The minimum atomic E-state index is -0.875. The Bertz CT molecular complexity index is 625. The number of hydrogen-bond acceptors (Lipinski definition) is 4. The molecule has 0 fully saturated rings. The van der Waals surface area contributed by atoms with Gasteiger partial charge in [-0.25, -0.2) is 4.79 Å². The van der Waals surface area contributed by atoms with Crippen LogP contribution in [0, 0.1) is 0 Å². The Hall–Kier alpha value is -2.63. The van der Waals surface area contributed by atoms with Crippen LogP contribution >= 0.6 is 0 Å². The molecule has 1 aromatic carbocycles. The molecule has 5 N–H and O–H groups in total. The number of rotatable bonds is 2. The van der Waals surface area contributed by atoms with E-state index in [1.165, 1.54) is 0 Å². The van der Waals surface area contributed by atoms with E-state index in [1.807, 2.05) is 23.5 Å². The van der Waals surface area contributed by atoms with E-state index in [1.54, 1.807) is 12.1 Å². The fraction of sp³-hybridized carbons (Fsp3) is 0.0833. The molecule has 1 heterocycles. The number of carbonyl (C=O) groups excluding carboxylic acids is 2. The van der Waals surface area contributed by atoms with Gasteiger partial charge in [0.25, 0.3) is 0 Å². The largest absolute Gasteiger partial charge is 0.397 e. The molecule has 3 amide bonds.